The van der Waals surface area contributed by atoms with Crippen LogP contribution in [0.4, 0.5) is 31.1 Å². The molecule has 1 heterocycles. The lowest BCUT2D eigenvalue weighted by molar-refractivity contribution is -0.420. The number of hydrogen-bond acceptors (Lipinski definition) is 8. The lowest BCUT2D eigenvalue weighted by Gasteiger charge is -2.39. The minimum Gasteiger partial charge on any atom is -0.434 e. The van der Waals surface area contributed by atoms with E-state index in [9.17, 15) is 41.3 Å². The number of alkyl halides is 6. The number of aromatic nitrogens is 2. The first kappa shape index (κ1) is 27.7. The van der Waals surface area contributed by atoms with Crippen LogP contribution in [0.15, 0.2) is 46.5 Å². The first-order valence-corrected chi connectivity index (χ1v) is 10.6. The van der Waals surface area contributed by atoms with Crippen molar-refractivity contribution < 1.29 is 50.0 Å². The minimum absolute atomic E-state index is 0.0470. The number of halogens is 6. The van der Waals surface area contributed by atoms with Gasteiger partial charge in [0.2, 0.25) is 11.5 Å². The zero-order chi connectivity index (χ0) is 27.8. The van der Waals surface area contributed by atoms with Gasteiger partial charge >= 0.3 is 18.5 Å². The highest BCUT2D eigenvalue weighted by molar-refractivity contribution is 5.62. The van der Waals surface area contributed by atoms with E-state index in [-0.39, 0.29) is 18.4 Å². The first-order valence-electron chi connectivity index (χ1n) is 10.6. The summed E-state index contributed by atoms with van der Waals surface area (Å²) in [5, 5.41) is 18.6. The Bertz CT molecular complexity index is 1230. The van der Waals surface area contributed by atoms with Gasteiger partial charge < -0.3 is 13.9 Å². The molecule has 3 rings (SSSR count). The van der Waals surface area contributed by atoms with Crippen molar-refractivity contribution in [3.8, 4) is 11.5 Å². The number of allylic oxidation sites excluding steroid dienone is 1. The van der Waals surface area contributed by atoms with Crippen molar-refractivity contribution in [2.75, 3.05) is 6.61 Å². The summed E-state index contributed by atoms with van der Waals surface area (Å²) < 4.78 is 95.5. The van der Waals surface area contributed by atoms with Crippen molar-refractivity contribution in [1.82, 2.24) is 10.2 Å². The molecular formula is C22H19F6N3O6. The summed E-state index contributed by atoms with van der Waals surface area (Å²) in [4.78, 5) is 22.9. The molecule has 15 heteroatoms. The number of carbonyl (C=O) groups is 1. The molecule has 0 aliphatic heterocycles. The molecule has 0 saturated carbocycles. The molecule has 0 bridgehead atoms. The normalized spacial score (nSPS) is 19.3. The van der Waals surface area contributed by atoms with Crippen LogP contribution in [0.3, 0.4) is 0 Å². The van der Waals surface area contributed by atoms with E-state index >= 15 is 0 Å². The van der Waals surface area contributed by atoms with Crippen LogP contribution in [0.2, 0.25) is 0 Å². The molecule has 37 heavy (non-hydrogen) atoms. The van der Waals surface area contributed by atoms with Crippen molar-refractivity contribution >= 4 is 6.16 Å². The van der Waals surface area contributed by atoms with E-state index in [0.717, 1.165) is 18.2 Å². The van der Waals surface area contributed by atoms with Gasteiger partial charge in [-0.1, -0.05) is 20.8 Å². The second-order valence-electron chi connectivity index (χ2n) is 8.52. The maximum absolute atomic E-state index is 13.3. The molecular weight excluding hydrogens is 516 g/mol. The molecule has 200 valence electrons. The van der Waals surface area contributed by atoms with Gasteiger partial charge in [0, 0.05) is 23.1 Å². The van der Waals surface area contributed by atoms with Crippen molar-refractivity contribution in [3.63, 3.8) is 0 Å². The lowest BCUT2D eigenvalue weighted by atomic mass is 9.71. The van der Waals surface area contributed by atoms with Crippen LogP contribution in [-0.4, -0.2) is 27.9 Å². The van der Waals surface area contributed by atoms with E-state index in [2.05, 4.69) is 10.2 Å². The second-order valence-corrected chi connectivity index (χ2v) is 8.52. The van der Waals surface area contributed by atoms with E-state index in [4.69, 9.17) is 13.9 Å². The maximum Gasteiger partial charge on any atom is 0.509 e. The van der Waals surface area contributed by atoms with Crippen LogP contribution < -0.4 is 0 Å². The molecule has 1 aromatic heterocycles. The van der Waals surface area contributed by atoms with Gasteiger partial charge in [-0.25, -0.2) is 4.79 Å². The molecule has 0 unspecified atom stereocenters. The fourth-order valence-corrected chi connectivity index (χ4v) is 3.53. The minimum atomic E-state index is -5.12. The summed E-state index contributed by atoms with van der Waals surface area (Å²) >= 11 is 0. The molecule has 2 aromatic rings. The van der Waals surface area contributed by atoms with Gasteiger partial charge in [0.15, 0.2) is 0 Å². The molecule has 1 atom stereocenters. The Morgan fingerprint density at radius 3 is 2.16 bits per heavy atom. The highest BCUT2D eigenvalue weighted by Gasteiger charge is 2.55. The van der Waals surface area contributed by atoms with E-state index in [1.165, 1.54) is 13.8 Å². The molecule has 0 saturated heterocycles. The second kappa shape index (κ2) is 9.52. The molecule has 9 nitrogen and oxygen atoms in total. The lowest BCUT2D eigenvalue weighted by Crippen LogP contribution is -2.45. The number of ether oxygens (including phenoxy) is 2. The molecule has 0 fully saturated rings. The molecule has 0 N–H and O–H groups in total. The zero-order valence-corrected chi connectivity index (χ0v) is 19.4. The van der Waals surface area contributed by atoms with E-state index < -0.39 is 62.9 Å². The van der Waals surface area contributed by atoms with Crippen LogP contribution in [0.1, 0.15) is 44.2 Å². The third kappa shape index (κ3) is 5.59. The highest BCUT2D eigenvalue weighted by atomic mass is 19.4. The Labute approximate surface area is 204 Å². The predicted octanol–water partition coefficient (Wildman–Crippen LogP) is 6.29. The Balaban J connectivity index is 2.16. The summed E-state index contributed by atoms with van der Waals surface area (Å²) in [7, 11) is 0. The summed E-state index contributed by atoms with van der Waals surface area (Å²) in [6.07, 6.45) is -7.88. The van der Waals surface area contributed by atoms with Gasteiger partial charge in [0.05, 0.1) is 22.7 Å². The number of nitro groups is 1. The summed E-state index contributed by atoms with van der Waals surface area (Å²) in [5.41, 5.74) is -7.83. The Hall–Kier alpha value is -3.91. The fraction of sp³-hybridized carbons (Fsp3) is 0.409. The molecule has 1 aliphatic rings. The van der Waals surface area contributed by atoms with Crippen molar-refractivity contribution in [2.24, 2.45) is 5.41 Å². The predicted molar refractivity (Wildman–Crippen MR) is 112 cm³/mol. The largest absolute Gasteiger partial charge is 0.509 e. The van der Waals surface area contributed by atoms with E-state index in [1.54, 1.807) is 6.92 Å². The zero-order valence-electron chi connectivity index (χ0n) is 19.4. The van der Waals surface area contributed by atoms with Crippen LogP contribution >= 0.6 is 0 Å². The van der Waals surface area contributed by atoms with Crippen molar-refractivity contribution in [1.29, 1.82) is 0 Å². The first-order chi connectivity index (χ1) is 17.0. The molecule has 1 aliphatic carbocycles. The number of nitrogens with zero attached hydrogens (tertiary/aromatic N) is 3. The summed E-state index contributed by atoms with van der Waals surface area (Å²) in [5.74, 6) is -1.31. The molecule has 0 spiro atoms. The van der Waals surface area contributed by atoms with Gasteiger partial charge in [-0.15, -0.1) is 10.2 Å². The van der Waals surface area contributed by atoms with Crippen LogP contribution in [0, 0.1) is 15.5 Å². The standard InChI is InChI=1S/C22H19F6N3O6/c1-4-7-35-18(32)37-20(6-5-15(31(33)34)11-19(20,2)3)17-30-29-16(36-17)12-8-13(21(23,24)25)10-14(9-12)22(26,27)28/h5-6,8-11H,4,7H2,1-3H3/t20-/m0/s1. The van der Waals surface area contributed by atoms with Crippen LogP contribution in [0.5, 0.6) is 0 Å². The van der Waals surface area contributed by atoms with E-state index in [0.29, 0.717) is 18.6 Å². The topological polar surface area (TPSA) is 118 Å². The van der Waals surface area contributed by atoms with Crippen molar-refractivity contribution in [2.45, 2.75) is 45.1 Å². The maximum atomic E-state index is 13.3. The number of benzene rings is 1. The van der Waals surface area contributed by atoms with Crippen LogP contribution in [0.25, 0.3) is 11.5 Å². The smallest absolute Gasteiger partial charge is 0.434 e. The highest BCUT2D eigenvalue weighted by Crippen LogP contribution is 2.49. The average Bonchev–Trinajstić information content (AvgIpc) is 3.28. The monoisotopic (exact) mass is 535 g/mol. The SMILES string of the molecule is CCCOC(=O)O[C@]1(c2nnc(-c3cc(C(F)(F)F)cc(C(F)(F)F)c3)o2)C=CC([N+](=O)[O-])=CC1(C)C. The summed E-state index contributed by atoms with van der Waals surface area (Å²) in [6.45, 7) is 4.47. The fourth-order valence-electron chi connectivity index (χ4n) is 3.53. The van der Waals surface area contributed by atoms with Gasteiger partial charge in [-0.05, 0) is 30.7 Å². The summed E-state index contributed by atoms with van der Waals surface area (Å²) in [6, 6.07) is 0.719. The quantitative estimate of drug-likeness (QED) is 0.183. The van der Waals surface area contributed by atoms with Gasteiger partial charge in [-0.2, -0.15) is 26.3 Å². The Morgan fingerprint density at radius 1 is 1.08 bits per heavy atom. The molecule has 0 radical (unpaired) electrons. The van der Waals surface area contributed by atoms with E-state index in [1.807, 2.05) is 0 Å². The molecule has 0 amide bonds. The molecule has 1 aromatic carbocycles. The third-order valence-corrected chi connectivity index (χ3v) is 5.41. The number of hydrogen-bond donors (Lipinski definition) is 0. The Kier molecular flexibility index (Phi) is 7.12. The third-order valence-electron chi connectivity index (χ3n) is 5.41. The van der Waals surface area contributed by atoms with Crippen LogP contribution in [-0.2, 0) is 27.4 Å². The Morgan fingerprint density at radius 2 is 1.68 bits per heavy atom. The van der Waals surface area contributed by atoms with Gasteiger partial charge in [0.25, 0.3) is 11.6 Å². The average molecular weight is 535 g/mol. The number of rotatable bonds is 6. The van der Waals surface area contributed by atoms with Gasteiger partial charge in [0.1, 0.15) is 0 Å². The van der Waals surface area contributed by atoms with Gasteiger partial charge in [-0.3, -0.25) is 10.1 Å². The number of carbonyl (C=O) groups excluding carboxylic acids is 1. The van der Waals surface area contributed by atoms with Crippen molar-refractivity contribution in [3.05, 3.63) is 69.3 Å².